The van der Waals surface area contributed by atoms with Crippen molar-refractivity contribution >= 4 is 11.3 Å². The second-order valence-electron chi connectivity index (χ2n) is 6.22. The van der Waals surface area contributed by atoms with Gasteiger partial charge in [-0.1, -0.05) is 18.9 Å². The molecule has 1 aromatic heterocycles. The molecule has 2 atom stereocenters. The summed E-state index contributed by atoms with van der Waals surface area (Å²) in [6, 6.07) is 5.11. The topological polar surface area (TPSA) is 38.5 Å². The highest BCUT2D eigenvalue weighted by Gasteiger charge is 2.49. The number of hydrogen-bond donors (Lipinski definition) is 1. The van der Waals surface area contributed by atoms with E-state index in [2.05, 4.69) is 22.4 Å². The standard InChI is InChI=1S/C16H26N2OS/c1-19-15-6-2-3-9-16(15,12-17)18(13-7-8-13)11-14-5-4-10-20-14/h4-5,10,13,15H,2-3,6-9,11-12,17H2,1H3. The largest absolute Gasteiger partial charge is 0.379 e. The van der Waals surface area contributed by atoms with E-state index in [9.17, 15) is 0 Å². The lowest BCUT2D eigenvalue weighted by molar-refractivity contribution is -0.0827. The van der Waals surface area contributed by atoms with Crippen LogP contribution in [0.15, 0.2) is 17.5 Å². The quantitative estimate of drug-likeness (QED) is 0.876. The zero-order valence-electron chi connectivity index (χ0n) is 12.4. The van der Waals surface area contributed by atoms with Crippen molar-refractivity contribution in [2.24, 2.45) is 5.73 Å². The molecule has 3 rings (SSSR count). The van der Waals surface area contributed by atoms with Gasteiger partial charge in [-0.3, -0.25) is 4.90 Å². The van der Waals surface area contributed by atoms with E-state index >= 15 is 0 Å². The van der Waals surface area contributed by atoms with Crippen molar-refractivity contribution < 1.29 is 4.74 Å². The molecule has 1 heterocycles. The monoisotopic (exact) mass is 294 g/mol. The average molecular weight is 294 g/mol. The van der Waals surface area contributed by atoms with Gasteiger partial charge < -0.3 is 10.5 Å². The Morgan fingerprint density at radius 3 is 2.85 bits per heavy atom. The zero-order chi connectivity index (χ0) is 14.0. The molecule has 0 aliphatic heterocycles. The lowest BCUT2D eigenvalue weighted by Crippen LogP contribution is -2.63. The maximum absolute atomic E-state index is 6.28. The van der Waals surface area contributed by atoms with E-state index in [4.69, 9.17) is 10.5 Å². The Balaban J connectivity index is 1.86. The van der Waals surface area contributed by atoms with E-state index in [0.717, 1.165) is 19.0 Å². The average Bonchev–Trinajstić information content (AvgIpc) is 3.21. The van der Waals surface area contributed by atoms with Gasteiger partial charge in [0.2, 0.25) is 0 Å². The number of methoxy groups -OCH3 is 1. The summed E-state index contributed by atoms with van der Waals surface area (Å²) in [7, 11) is 1.86. The summed E-state index contributed by atoms with van der Waals surface area (Å²) >= 11 is 1.86. The maximum atomic E-state index is 6.28. The fraction of sp³-hybridized carbons (Fsp3) is 0.750. The summed E-state index contributed by atoms with van der Waals surface area (Å²) in [5.41, 5.74) is 6.34. The second kappa shape index (κ2) is 6.14. The molecule has 0 spiro atoms. The van der Waals surface area contributed by atoms with Crippen molar-refractivity contribution in [2.75, 3.05) is 13.7 Å². The van der Waals surface area contributed by atoms with Crippen molar-refractivity contribution in [3.8, 4) is 0 Å². The third-order valence-corrected chi connectivity index (χ3v) is 5.89. The highest BCUT2D eigenvalue weighted by atomic mass is 32.1. The molecule has 4 heteroatoms. The lowest BCUT2D eigenvalue weighted by Gasteiger charge is -2.50. The summed E-state index contributed by atoms with van der Waals surface area (Å²) in [6.45, 7) is 1.76. The first-order valence-corrected chi connectivity index (χ1v) is 8.70. The molecule has 2 unspecified atom stereocenters. The number of nitrogens with zero attached hydrogens (tertiary/aromatic N) is 1. The Morgan fingerprint density at radius 2 is 2.25 bits per heavy atom. The smallest absolute Gasteiger partial charge is 0.0767 e. The molecule has 20 heavy (non-hydrogen) atoms. The normalized spacial score (nSPS) is 30.9. The first-order chi connectivity index (χ1) is 9.80. The van der Waals surface area contributed by atoms with Crippen molar-refractivity contribution in [2.45, 2.75) is 62.8 Å². The van der Waals surface area contributed by atoms with Gasteiger partial charge in [0, 0.05) is 31.1 Å². The summed E-state index contributed by atoms with van der Waals surface area (Å²) < 4.78 is 5.86. The van der Waals surface area contributed by atoms with E-state index in [-0.39, 0.29) is 5.54 Å². The number of hydrogen-bond acceptors (Lipinski definition) is 4. The Morgan fingerprint density at radius 1 is 1.40 bits per heavy atom. The second-order valence-corrected chi connectivity index (χ2v) is 7.25. The maximum Gasteiger partial charge on any atom is 0.0767 e. The van der Waals surface area contributed by atoms with E-state index in [0.29, 0.717) is 12.6 Å². The fourth-order valence-corrected chi connectivity index (χ4v) is 4.52. The highest BCUT2D eigenvalue weighted by molar-refractivity contribution is 7.09. The summed E-state index contributed by atoms with van der Waals surface area (Å²) in [5, 5.41) is 2.17. The Bertz CT molecular complexity index is 418. The minimum Gasteiger partial charge on any atom is -0.379 e. The third kappa shape index (κ3) is 2.67. The van der Waals surface area contributed by atoms with E-state index in [1.54, 1.807) is 0 Å². The van der Waals surface area contributed by atoms with Crippen molar-refractivity contribution in [3.05, 3.63) is 22.4 Å². The first kappa shape index (κ1) is 14.5. The molecule has 112 valence electrons. The molecule has 2 aliphatic carbocycles. The van der Waals surface area contributed by atoms with Crippen LogP contribution in [0.25, 0.3) is 0 Å². The van der Waals surface area contributed by atoms with E-state index in [1.165, 1.54) is 37.0 Å². The fourth-order valence-electron chi connectivity index (χ4n) is 3.81. The molecule has 0 radical (unpaired) electrons. The van der Waals surface area contributed by atoms with Gasteiger partial charge in [-0.25, -0.2) is 0 Å². The minimum absolute atomic E-state index is 0.0537. The molecule has 2 aliphatic rings. The summed E-state index contributed by atoms with van der Waals surface area (Å²) in [5.74, 6) is 0. The predicted octanol–water partition coefficient (Wildman–Crippen LogP) is 3.00. The van der Waals surface area contributed by atoms with E-state index < -0.39 is 0 Å². The van der Waals surface area contributed by atoms with Gasteiger partial charge in [0.15, 0.2) is 0 Å². The molecule has 1 aromatic rings. The summed E-state index contributed by atoms with van der Waals surface area (Å²) in [6.07, 6.45) is 7.84. The Labute approximate surface area is 126 Å². The van der Waals surface area contributed by atoms with Crippen molar-refractivity contribution in [1.82, 2.24) is 4.90 Å². The number of thiophene rings is 1. The predicted molar refractivity (Wildman–Crippen MR) is 83.9 cm³/mol. The van der Waals surface area contributed by atoms with Crippen molar-refractivity contribution in [1.29, 1.82) is 0 Å². The van der Waals surface area contributed by atoms with Gasteiger partial charge in [0.25, 0.3) is 0 Å². The molecule has 0 amide bonds. The van der Waals surface area contributed by atoms with Crippen LogP contribution >= 0.6 is 11.3 Å². The molecule has 2 saturated carbocycles. The van der Waals surface area contributed by atoms with Gasteiger partial charge in [-0.05, 0) is 37.1 Å². The number of rotatable bonds is 6. The highest BCUT2D eigenvalue weighted by Crippen LogP contribution is 2.42. The van der Waals surface area contributed by atoms with Crippen LogP contribution in [0.5, 0.6) is 0 Å². The third-order valence-electron chi connectivity index (χ3n) is 5.03. The van der Waals surface area contributed by atoms with Crippen LogP contribution in [-0.4, -0.2) is 36.2 Å². The van der Waals surface area contributed by atoms with Crippen LogP contribution in [0, 0.1) is 0 Å². The minimum atomic E-state index is 0.0537. The van der Waals surface area contributed by atoms with Crippen LogP contribution in [0.1, 0.15) is 43.4 Å². The van der Waals surface area contributed by atoms with Crippen LogP contribution in [0.3, 0.4) is 0 Å². The van der Waals surface area contributed by atoms with Crippen LogP contribution in [0.4, 0.5) is 0 Å². The molecule has 0 bridgehead atoms. The van der Waals surface area contributed by atoms with Gasteiger partial charge in [0.1, 0.15) is 0 Å². The summed E-state index contributed by atoms with van der Waals surface area (Å²) in [4.78, 5) is 4.14. The van der Waals surface area contributed by atoms with Gasteiger partial charge in [0.05, 0.1) is 11.6 Å². The Hall–Kier alpha value is -0.420. The van der Waals surface area contributed by atoms with E-state index in [1.807, 2.05) is 18.4 Å². The number of nitrogens with two attached hydrogens (primary N) is 1. The molecule has 3 nitrogen and oxygen atoms in total. The zero-order valence-corrected chi connectivity index (χ0v) is 13.2. The van der Waals surface area contributed by atoms with Gasteiger partial charge in [-0.15, -0.1) is 11.3 Å². The molecule has 0 aromatic carbocycles. The van der Waals surface area contributed by atoms with Gasteiger partial charge in [-0.2, -0.15) is 0 Å². The van der Waals surface area contributed by atoms with Crippen molar-refractivity contribution in [3.63, 3.8) is 0 Å². The van der Waals surface area contributed by atoms with Crippen LogP contribution < -0.4 is 5.73 Å². The Kier molecular flexibility index (Phi) is 4.46. The van der Waals surface area contributed by atoms with Crippen LogP contribution in [-0.2, 0) is 11.3 Å². The van der Waals surface area contributed by atoms with Gasteiger partial charge >= 0.3 is 0 Å². The van der Waals surface area contributed by atoms with Crippen LogP contribution in [0.2, 0.25) is 0 Å². The first-order valence-electron chi connectivity index (χ1n) is 7.82. The molecular formula is C16H26N2OS. The SMILES string of the molecule is COC1CCCCC1(CN)N(Cc1cccs1)C1CC1. The number of ether oxygens (including phenoxy) is 1. The molecular weight excluding hydrogens is 268 g/mol. The molecule has 0 saturated heterocycles. The molecule has 2 N–H and O–H groups in total. The molecule has 2 fully saturated rings. The lowest BCUT2D eigenvalue weighted by atomic mass is 9.77.